The van der Waals surface area contributed by atoms with Crippen LogP contribution in [0.5, 0.6) is 0 Å². The van der Waals surface area contributed by atoms with Crippen LogP contribution in [0.2, 0.25) is 0 Å². The Morgan fingerprint density at radius 1 is 0.917 bits per heavy atom. The molecule has 0 unspecified atom stereocenters. The van der Waals surface area contributed by atoms with Crippen molar-refractivity contribution in [3.63, 3.8) is 0 Å². The first kappa shape index (κ1) is 32.4. The number of Topliss-reactive ketones (excluding diaryl/α,β-unsaturated/α-hetero) is 1. The van der Waals surface area contributed by atoms with Gasteiger partial charge in [0.05, 0.1) is 18.6 Å². The monoisotopic (exact) mass is 660 g/mol. The van der Waals surface area contributed by atoms with Gasteiger partial charge in [0.2, 0.25) is 5.95 Å². The van der Waals surface area contributed by atoms with Crippen LogP contribution >= 0.6 is 0 Å². The highest BCUT2D eigenvalue weighted by molar-refractivity contribution is 5.92. The molecule has 5 fully saturated rings. The predicted octanol–water partition coefficient (Wildman–Crippen LogP) is 4.75. The molecule has 260 valence electrons. The van der Waals surface area contributed by atoms with Crippen LogP contribution in [0.1, 0.15) is 78.1 Å². The Balaban J connectivity index is 0.973. The number of ketones is 2. The number of hydrogen-bond donors (Lipinski definition) is 1. The molecule has 6 atom stereocenters. The van der Waals surface area contributed by atoms with Gasteiger partial charge in [0.1, 0.15) is 17.8 Å². The molecule has 1 N–H and O–H groups in total. The zero-order chi connectivity index (χ0) is 33.3. The van der Waals surface area contributed by atoms with E-state index in [4.69, 9.17) is 9.97 Å². The summed E-state index contributed by atoms with van der Waals surface area (Å²) in [4.78, 5) is 46.0. The van der Waals surface area contributed by atoms with Gasteiger partial charge in [-0.25, -0.2) is 4.39 Å². The van der Waals surface area contributed by atoms with E-state index in [1.807, 2.05) is 0 Å². The summed E-state index contributed by atoms with van der Waals surface area (Å²) in [6.07, 6.45) is 11.2. The Kier molecular flexibility index (Phi) is 8.21. The smallest absolute Gasteiger partial charge is 0.229 e. The minimum atomic E-state index is -1.13. The van der Waals surface area contributed by atoms with Gasteiger partial charge in [-0.3, -0.25) is 14.5 Å². The van der Waals surface area contributed by atoms with Gasteiger partial charge in [-0.15, -0.1) is 0 Å². The van der Waals surface area contributed by atoms with E-state index in [2.05, 4.69) is 45.6 Å². The third kappa shape index (κ3) is 5.05. The summed E-state index contributed by atoms with van der Waals surface area (Å²) in [5, 5.41) is 11.0. The molecule has 9 nitrogen and oxygen atoms in total. The zero-order valence-corrected chi connectivity index (χ0v) is 28.9. The number of aromatic nitrogens is 2. The number of nitrogens with zero attached hydrogens (tertiary/aromatic N) is 6. The number of rotatable bonds is 7. The number of aliphatic hydroxyl groups excluding tert-OH is 1. The first-order valence-electron chi connectivity index (χ1n) is 18.8. The molecule has 4 heterocycles. The number of aliphatic hydroxyl groups is 1. The lowest BCUT2D eigenvalue weighted by Gasteiger charge is -2.56. The fraction of sp³-hybridized carbons (Fsp3) is 0.737. The molecule has 2 saturated carbocycles. The lowest BCUT2D eigenvalue weighted by molar-refractivity contribution is -0.142. The van der Waals surface area contributed by atoms with Crippen molar-refractivity contribution in [1.82, 2.24) is 14.9 Å². The number of alkyl halides is 1. The third-order valence-corrected chi connectivity index (χ3v) is 14.1. The van der Waals surface area contributed by atoms with Crippen molar-refractivity contribution in [2.75, 3.05) is 80.2 Å². The second-order valence-corrected chi connectivity index (χ2v) is 16.3. The van der Waals surface area contributed by atoms with Gasteiger partial charge in [-0.2, -0.15) is 9.97 Å². The normalized spacial score (nSPS) is 36.9. The van der Waals surface area contributed by atoms with Crippen molar-refractivity contribution in [2.45, 2.75) is 84.2 Å². The van der Waals surface area contributed by atoms with Gasteiger partial charge in [0.25, 0.3) is 0 Å². The van der Waals surface area contributed by atoms with Crippen molar-refractivity contribution in [3.05, 3.63) is 29.4 Å². The van der Waals surface area contributed by atoms with Crippen LogP contribution in [-0.4, -0.2) is 103 Å². The van der Waals surface area contributed by atoms with Gasteiger partial charge in [-0.1, -0.05) is 25.5 Å². The van der Waals surface area contributed by atoms with E-state index in [0.29, 0.717) is 44.2 Å². The van der Waals surface area contributed by atoms with Crippen molar-refractivity contribution in [1.29, 1.82) is 0 Å². The summed E-state index contributed by atoms with van der Waals surface area (Å²) >= 11 is 0. The topological polar surface area (TPSA) is 93.1 Å². The number of carbonyl (C=O) groups excluding carboxylic acids is 2. The van der Waals surface area contributed by atoms with Gasteiger partial charge in [0.15, 0.2) is 11.6 Å². The van der Waals surface area contributed by atoms with Crippen LogP contribution in [0.4, 0.5) is 22.0 Å². The zero-order valence-electron chi connectivity index (χ0n) is 28.9. The molecular weight excluding hydrogens is 607 g/mol. The van der Waals surface area contributed by atoms with Crippen LogP contribution in [0, 0.1) is 28.1 Å². The Bertz CT molecular complexity index is 1480. The second kappa shape index (κ2) is 12.2. The predicted molar refractivity (Wildman–Crippen MR) is 185 cm³/mol. The van der Waals surface area contributed by atoms with Crippen molar-refractivity contribution in [2.24, 2.45) is 28.1 Å². The molecule has 7 aliphatic rings. The maximum absolute atomic E-state index is 15.8. The van der Waals surface area contributed by atoms with Gasteiger partial charge in [-0.05, 0) is 86.7 Å². The molecule has 8 rings (SSSR count). The highest BCUT2D eigenvalue weighted by Crippen LogP contribution is 2.68. The minimum Gasteiger partial charge on any atom is -0.395 e. The second-order valence-electron chi connectivity index (χ2n) is 16.3. The number of anilines is 3. The van der Waals surface area contributed by atoms with Crippen molar-refractivity contribution < 1.29 is 19.1 Å². The first-order valence-corrected chi connectivity index (χ1v) is 18.8. The molecular formula is C38H53FN6O3. The first-order chi connectivity index (χ1) is 23.1. The van der Waals surface area contributed by atoms with E-state index < -0.39 is 22.4 Å². The molecule has 10 heteroatoms. The number of fused-ring (bicyclic) bond motifs is 5. The van der Waals surface area contributed by atoms with Gasteiger partial charge in [0, 0.05) is 70.3 Å². The van der Waals surface area contributed by atoms with Crippen molar-refractivity contribution in [3.8, 4) is 0 Å². The average molecular weight is 661 g/mol. The van der Waals surface area contributed by atoms with Crippen LogP contribution < -0.4 is 14.7 Å². The van der Waals surface area contributed by atoms with Crippen LogP contribution in [0.25, 0.3) is 0 Å². The lowest BCUT2D eigenvalue weighted by atomic mass is 9.48. The lowest BCUT2D eigenvalue weighted by Crippen LogP contribution is -2.56. The Morgan fingerprint density at radius 2 is 1.56 bits per heavy atom. The maximum atomic E-state index is 15.8. The highest BCUT2D eigenvalue weighted by atomic mass is 19.1. The number of carbonyl (C=O) groups is 2. The fourth-order valence-electron chi connectivity index (χ4n) is 11.0. The maximum Gasteiger partial charge on any atom is 0.229 e. The number of hydrogen-bond acceptors (Lipinski definition) is 9. The van der Waals surface area contributed by atoms with E-state index in [1.54, 1.807) is 6.08 Å². The number of halogens is 1. The Morgan fingerprint density at radius 3 is 2.23 bits per heavy atom. The van der Waals surface area contributed by atoms with E-state index in [0.717, 1.165) is 76.4 Å². The summed E-state index contributed by atoms with van der Waals surface area (Å²) in [6, 6.07) is 2.16. The van der Waals surface area contributed by atoms with Gasteiger partial charge < -0.3 is 19.8 Å². The molecule has 48 heavy (non-hydrogen) atoms. The summed E-state index contributed by atoms with van der Waals surface area (Å²) in [5.41, 5.74) is 0.271. The molecule has 1 aromatic rings. The molecule has 0 bridgehead atoms. The van der Waals surface area contributed by atoms with Crippen LogP contribution in [-0.2, 0) is 9.59 Å². The number of allylic oxidation sites excluding steroid dienone is 4. The van der Waals surface area contributed by atoms with E-state index in [9.17, 15) is 14.7 Å². The van der Waals surface area contributed by atoms with Crippen molar-refractivity contribution >= 4 is 29.2 Å². The summed E-state index contributed by atoms with van der Waals surface area (Å²) < 4.78 is 15.8. The fourth-order valence-corrected chi connectivity index (χ4v) is 11.0. The van der Waals surface area contributed by atoms with E-state index in [1.165, 1.54) is 31.3 Å². The van der Waals surface area contributed by atoms with Gasteiger partial charge >= 0.3 is 0 Å². The van der Waals surface area contributed by atoms with Crippen LogP contribution in [0.3, 0.4) is 0 Å². The summed E-state index contributed by atoms with van der Waals surface area (Å²) in [5.74, 6) is 3.22. The highest BCUT2D eigenvalue weighted by Gasteiger charge is 2.65. The average Bonchev–Trinajstić information content (AvgIpc) is 3.87. The third-order valence-electron chi connectivity index (χ3n) is 14.1. The Labute approximate surface area is 284 Å². The van der Waals surface area contributed by atoms with Crippen LogP contribution in [0.15, 0.2) is 29.4 Å². The summed E-state index contributed by atoms with van der Waals surface area (Å²) in [7, 11) is 0. The quantitative estimate of drug-likeness (QED) is 0.416. The van der Waals surface area contributed by atoms with E-state index >= 15 is 4.39 Å². The molecule has 0 spiro atoms. The molecule has 0 aromatic carbocycles. The molecule has 3 aliphatic heterocycles. The molecule has 3 saturated heterocycles. The molecule has 0 amide bonds. The largest absolute Gasteiger partial charge is 0.395 e. The molecule has 4 aliphatic carbocycles. The standard InChI is InChI=1S/C38H53FN6O3/c1-36-10-7-26(47)21-30(36)31(39)22-27-28(36)8-11-37(2)29(27)9-12-38(37,25-46)32(48)24-42-17-19-44(20-18-42)34-23-33(43-13-3-4-14-43)40-35(41-34)45-15-5-6-16-45/h8,21,23,27,29,31,46H,3-7,9-20,22,24-25H2,1-2H3/t27-,29+,31+,36-,37+,38+/m1/s1. The molecule has 0 radical (unpaired) electrons. The number of piperazine rings is 1. The SMILES string of the molecule is C[C@]12CCC(=O)C=C1[C@@H](F)C[C@@H]1C2=CC[C@@]2(C)[C@H]1CC[C@]2(CO)C(=O)CN1CCN(c2cc(N3CCCC3)nc(N3CCCC3)n2)CC1. The Hall–Kier alpha value is -2.85. The summed E-state index contributed by atoms with van der Waals surface area (Å²) in [6.45, 7) is 11.7. The van der Waals surface area contributed by atoms with E-state index in [-0.39, 0.29) is 30.0 Å². The molecule has 1 aromatic heterocycles. The minimum absolute atomic E-state index is 0.0344.